The van der Waals surface area contributed by atoms with Crippen molar-refractivity contribution in [1.82, 2.24) is 5.32 Å². The predicted octanol–water partition coefficient (Wildman–Crippen LogP) is -2.71. The number of carbonyl (C=O) groups excluding carboxylic acids is 1. The lowest BCUT2D eigenvalue weighted by atomic mass is 9.88. The quantitative estimate of drug-likeness (QED) is 0.288. The van der Waals surface area contributed by atoms with Crippen LogP contribution in [-0.2, 0) is 19.1 Å². The van der Waals surface area contributed by atoms with Crippen molar-refractivity contribution in [1.29, 1.82) is 0 Å². The predicted molar refractivity (Wildman–Crippen MR) is 71.9 cm³/mol. The maximum absolute atomic E-state index is 12.4. The Hall–Kier alpha value is -1.51. The molecule has 1 saturated heterocycles. The average molecular weight is 376 g/mol. The van der Waals surface area contributed by atoms with E-state index in [1.165, 1.54) is 5.32 Å². The van der Waals surface area contributed by atoms with E-state index >= 15 is 0 Å². The molecule has 0 aromatic heterocycles. The van der Waals surface area contributed by atoms with Gasteiger partial charge in [-0.3, -0.25) is 4.79 Å². The highest BCUT2D eigenvalue weighted by Crippen LogP contribution is 2.33. The van der Waals surface area contributed by atoms with E-state index in [1.807, 2.05) is 0 Å². The molecule has 0 aromatic carbocycles. The van der Waals surface area contributed by atoms with Crippen molar-refractivity contribution in [3.8, 4) is 0 Å². The van der Waals surface area contributed by atoms with Crippen LogP contribution in [0.25, 0.3) is 0 Å². The SMILES string of the molecule is CO[C@]1(C(=O)O)C[C@H](O)[C@@H](NC(=O)C(F)(F)F)[C@H]([C@H](O)[C@H](O)CN)O1. The molecule has 7 N–H and O–H groups in total. The maximum atomic E-state index is 12.4. The fourth-order valence-electron chi connectivity index (χ4n) is 2.37. The number of nitrogens with one attached hydrogen (secondary N) is 1. The van der Waals surface area contributed by atoms with Gasteiger partial charge >= 0.3 is 18.1 Å². The molecule has 1 aliphatic heterocycles. The van der Waals surface area contributed by atoms with Crippen LogP contribution in [0, 0.1) is 0 Å². The molecule has 0 aromatic rings. The molecule has 1 amide bonds. The van der Waals surface area contributed by atoms with E-state index in [0.29, 0.717) is 0 Å². The molecular weight excluding hydrogens is 357 g/mol. The molecule has 0 saturated carbocycles. The van der Waals surface area contributed by atoms with Crippen LogP contribution in [0.2, 0.25) is 0 Å². The van der Waals surface area contributed by atoms with Crippen molar-refractivity contribution >= 4 is 11.9 Å². The third-order valence-corrected chi connectivity index (χ3v) is 3.76. The second-order valence-electron chi connectivity index (χ2n) is 5.41. The summed E-state index contributed by atoms with van der Waals surface area (Å²) in [6, 6.07) is -1.88. The minimum Gasteiger partial charge on any atom is -0.477 e. The Kier molecular flexibility index (Phi) is 6.72. The number of aliphatic hydroxyl groups excluding tert-OH is 3. The Morgan fingerprint density at radius 1 is 1.44 bits per heavy atom. The number of methoxy groups -OCH3 is 1. The summed E-state index contributed by atoms with van der Waals surface area (Å²) in [5, 5.41) is 40.3. The molecule has 1 rings (SSSR count). The van der Waals surface area contributed by atoms with Crippen LogP contribution < -0.4 is 11.1 Å². The standard InChI is InChI=1S/C12H19F3N2O8/c1-24-11(10(22)23)2-4(18)6(17-9(21)12(13,14)15)8(25-11)7(20)5(19)3-16/h4-8,18-20H,2-3,16H2,1H3,(H,17,21)(H,22,23)/t4-,5+,6+,7+,8+,11+/m0/s1. The van der Waals surface area contributed by atoms with E-state index in [4.69, 9.17) is 10.5 Å². The van der Waals surface area contributed by atoms with E-state index in [0.717, 1.165) is 7.11 Å². The number of carboxylic acid groups (broad SMARTS) is 1. The first-order valence-electron chi connectivity index (χ1n) is 6.98. The second-order valence-corrected chi connectivity index (χ2v) is 5.41. The van der Waals surface area contributed by atoms with Gasteiger partial charge in [0.25, 0.3) is 5.79 Å². The smallest absolute Gasteiger partial charge is 0.471 e. The number of nitrogens with two attached hydrogens (primary N) is 1. The van der Waals surface area contributed by atoms with Crippen molar-refractivity contribution < 1.29 is 52.7 Å². The van der Waals surface area contributed by atoms with E-state index < -0.39 is 67.3 Å². The van der Waals surface area contributed by atoms with Gasteiger partial charge in [0.1, 0.15) is 12.2 Å². The lowest BCUT2D eigenvalue weighted by molar-refractivity contribution is -0.303. The zero-order chi connectivity index (χ0) is 19.6. The molecule has 10 nitrogen and oxygen atoms in total. The van der Waals surface area contributed by atoms with E-state index in [9.17, 15) is 43.2 Å². The van der Waals surface area contributed by atoms with Crippen LogP contribution >= 0.6 is 0 Å². The summed E-state index contributed by atoms with van der Waals surface area (Å²) in [5.74, 6) is -6.67. The van der Waals surface area contributed by atoms with Crippen LogP contribution in [-0.4, -0.2) is 88.4 Å². The van der Waals surface area contributed by atoms with Crippen LogP contribution in [0.3, 0.4) is 0 Å². The fraction of sp³-hybridized carbons (Fsp3) is 0.833. The molecule has 1 aliphatic rings. The number of aliphatic carboxylic acids is 1. The first kappa shape index (κ1) is 21.5. The average Bonchev–Trinajstić information content (AvgIpc) is 2.53. The number of hydrogen-bond donors (Lipinski definition) is 6. The molecule has 25 heavy (non-hydrogen) atoms. The first-order valence-corrected chi connectivity index (χ1v) is 6.98. The number of alkyl halides is 3. The molecule has 0 aliphatic carbocycles. The number of hydrogen-bond acceptors (Lipinski definition) is 8. The third kappa shape index (κ3) is 4.56. The van der Waals surface area contributed by atoms with Gasteiger partial charge < -0.3 is 41.0 Å². The zero-order valence-corrected chi connectivity index (χ0v) is 12.9. The van der Waals surface area contributed by atoms with Gasteiger partial charge in [-0.1, -0.05) is 0 Å². The van der Waals surface area contributed by atoms with Crippen molar-refractivity contribution in [3.05, 3.63) is 0 Å². The highest BCUT2D eigenvalue weighted by atomic mass is 19.4. The van der Waals surface area contributed by atoms with Gasteiger partial charge in [0.05, 0.1) is 18.2 Å². The minimum absolute atomic E-state index is 0.551. The molecule has 13 heteroatoms. The molecule has 0 unspecified atom stereocenters. The Morgan fingerprint density at radius 3 is 2.40 bits per heavy atom. The van der Waals surface area contributed by atoms with Gasteiger partial charge in [0.15, 0.2) is 0 Å². The highest BCUT2D eigenvalue weighted by Gasteiger charge is 2.56. The lowest BCUT2D eigenvalue weighted by Gasteiger charge is -2.46. The summed E-state index contributed by atoms with van der Waals surface area (Å²) in [5.41, 5.74) is 5.15. The van der Waals surface area contributed by atoms with Gasteiger partial charge in [0.2, 0.25) is 0 Å². The summed E-state index contributed by atoms with van der Waals surface area (Å²) in [6.07, 6.45) is -13.8. The Morgan fingerprint density at radius 2 is 2.00 bits per heavy atom. The number of aliphatic hydroxyl groups is 3. The molecule has 0 spiro atoms. The second kappa shape index (κ2) is 7.80. The fourth-order valence-corrected chi connectivity index (χ4v) is 2.37. The third-order valence-electron chi connectivity index (χ3n) is 3.76. The maximum Gasteiger partial charge on any atom is 0.471 e. The lowest BCUT2D eigenvalue weighted by Crippen LogP contribution is -2.68. The molecule has 0 bridgehead atoms. The minimum atomic E-state index is -5.30. The van der Waals surface area contributed by atoms with Crippen molar-refractivity contribution in [2.24, 2.45) is 5.73 Å². The Labute approximate surface area is 139 Å². The summed E-state index contributed by atoms with van der Waals surface area (Å²) < 4.78 is 47.1. The molecule has 1 fully saturated rings. The highest BCUT2D eigenvalue weighted by molar-refractivity contribution is 5.82. The number of carbonyl (C=O) groups is 2. The zero-order valence-electron chi connectivity index (χ0n) is 12.9. The summed E-state index contributed by atoms with van der Waals surface area (Å²) >= 11 is 0. The van der Waals surface area contributed by atoms with Crippen molar-refractivity contribution in [3.63, 3.8) is 0 Å². The Balaban J connectivity index is 3.20. The van der Waals surface area contributed by atoms with Crippen LogP contribution in [0.5, 0.6) is 0 Å². The van der Waals surface area contributed by atoms with Gasteiger partial charge in [-0.05, 0) is 0 Å². The first-order chi connectivity index (χ1) is 11.4. The summed E-state index contributed by atoms with van der Waals surface area (Å²) in [4.78, 5) is 22.5. The largest absolute Gasteiger partial charge is 0.477 e. The number of halogens is 3. The molecular formula is C12H19F3N2O8. The summed E-state index contributed by atoms with van der Waals surface area (Å²) in [7, 11) is 0.901. The topological polar surface area (TPSA) is 172 Å². The molecule has 1 heterocycles. The Bertz CT molecular complexity index is 505. The van der Waals surface area contributed by atoms with E-state index in [1.54, 1.807) is 0 Å². The molecule has 0 radical (unpaired) electrons. The van der Waals surface area contributed by atoms with Crippen molar-refractivity contribution in [2.75, 3.05) is 13.7 Å². The van der Waals surface area contributed by atoms with Gasteiger partial charge in [-0.2, -0.15) is 13.2 Å². The van der Waals surface area contributed by atoms with Crippen molar-refractivity contribution in [2.45, 2.75) is 48.8 Å². The van der Waals surface area contributed by atoms with Crippen LogP contribution in [0.15, 0.2) is 0 Å². The van der Waals surface area contributed by atoms with Crippen LogP contribution in [0.4, 0.5) is 13.2 Å². The summed E-state index contributed by atoms with van der Waals surface area (Å²) in [6.45, 7) is -0.551. The number of carboxylic acids is 1. The van der Waals surface area contributed by atoms with Gasteiger partial charge in [-0.25, -0.2) is 4.79 Å². The van der Waals surface area contributed by atoms with Crippen LogP contribution in [0.1, 0.15) is 6.42 Å². The number of rotatable bonds is 6. The van der Waals surface area contributed by atoms with E-state index in [-0.39, 0.29) is 0 Å². The van der Waals surface area contributed by atoms with E-state index in [2.05, 4.69) is 4.74 Å². The van der Waals surface area contributed by atoms with Gasteiger partial charge in [-0.15, -0.1) is 0 Å². The number of ether oxygens (including phenoxy) is 2. The van der Waals surface area contributed by atoms with Gasteiger partial charge in [0, 0.05) is 20.1 Å². The normalized spacial score (nSPS) is 32.7. The molecule has 6 atom stereocenters. The number of amides is 1. The molecule has 146 valence electrons. The monoisotopic (exact) mass is 376 g/mol.